The van der Waals surface area contributed by atoms with Gasteiger partial charge < -0.3 is 11.1 Å². The van der Waals surface area contributed by atoms with Gasteiger partial charge in [-0.25, -0.2) is 0 Å². The predicted octanol–water partition coefficient (Wildman–Crippen LogP) is 2.76. The standard InChI is InChI=1S/C15H22N2OS.ClH/c1-9-2-5-13-11(6-9)7-14(19-13)15(18)17-12(8-16)10-3-4-10;/h7,9-10,12H,2-6,8,16H2,1H3,(H,17,18);1H. The Morgan fingerprint density at radius 1 is 1.50 bits per heavy atom. The van der Waals surface area contributed by atoms with Crippen LogP contribution in [0.1, 0.15) is 46.3 Å². The molecule has 3 nitrogen and oxygen atoms in total. The number of fused-ring (bicyclic) bond motifs is 1. The first-order valence-corrected chi connectivity index (χ1v) is 8.11. The second-order valence-electron chi connectivity index (χ2n) is 6.06. The van der Waals surface area contributed by atoms with Crippen LogP contribution >= 0.6 is 23.7 Å². The Labute approximate surface area is 130 Å². The van der Waals surface area contributed by atoms with Crippen molar-refractivity contribution in [3.8, 4) is 0 Å². The van der Waals surface area contributed by atoms with Crippen molar-refractivity contribution in [1.29, 1.82) is 0 Å². The van der Waals surface area contributed by atoms with Crippen molar-refractivity contribution in [2.75, 3.05) is 6.54 Å². The Hall–Kier alpha value is -0.580. The number of nitrogens with two attached hydrogens (primary N) is 1. The smallest absolute Gasteiger partial charge is 0.261 e. The predicted molar refractivity (Wildman–Crippen MR) is 85.8 cm³/mol. The van der Waals surface area contributed by atoms with Crippen LogP contribution in [-0.4, -0.2) is 18.5 Å². The normalized spacial score (nSPS) is 22.6. The molecule has 0 radical (unpaired) electrons. The van der Waals surface area contributed by atoms with Crippen LogP contribution in [-0.2, 0) is 12.8 Å². The molecular formula is C15H23ClN2OS. The molecule has 1 fully saturated rings. The summed E-state index contributed by atoms with van der Waals surface area (Å²) in [6.07, 6.45) is 5.93. The van der Waals surface area contributed by atoms with Gasteiger partial charge in [0.2, 0.25) is 0 Å². The number of aryl methyl sites for hydroxylation is 1. The lowest BCUT2D eigenvalue weighted by Gasteiger charge is -2.16. The van der Waals surface area contributed by atoms with E-state index in [4.69, 9.17) is 5.73 Å². The number of carbonyl (C=O) groups excluding carboxylic acids is 1. The van der Waals surface area contributed by atoms with Crippen molar-refractivity contribution >= 4 is 29.7 Å². The zero-order valence-corrected chi connectivity index (χ0v) is 13.5. The lowest BCUT2D eigenvalue weighted by atomic mass is 9.90. The summed E-state index contributed by atoms with van der Waals surface area (Å²) < 4.78 is 0. The number of carbonyl (C=O) groups is 1. The molecule has 0 aromatic carbocycles. The summed E-state index contributed by atoms with van der Waals surface area (Å²) in [5.41, 5.74) is 7.14. The molecule has 0 bridgehead atoms. The maximum absolute atomic E-state index is 12.3. The van der Waals surface area contributed by atoms with Gasteiger partial charge in [0.15, 0.2) is 0 Å². The van der Waals surface area contributed by atoms with E-state index in [0.717, 1.165) is 23.6 Å². The van der Waals surface area contributed by atoms with Crippen molar-refractivity contribution in [3.63, 3.8) is 0 Å². The third-order valence-corrected chi connectivity index (χ3v) is 5.55. The molecular weight excluding hydrogens is 292 g/mol. The van der Waals surface area contributed by atoms with E-state index >= 15 is 0 Å². The molecule has 112 valence electrons. The number of thiophene rings is 1. The second-order valence-corrected chi connectivity index (χ2v) is 7.20. The maximum Gasteiger partial charge on any atom is 0.261 e. The number of nitrogens with one attached hydrogen (secondary N) is 1. The maximum atomic E-state index is 12.3. The van der Waals surface area contributed by atoms with Gasteiger partial charge in [-0.15, -0.1) is 23.7 Å². The Kier molecular flexibility index (Phi) is 5.10. The summed E-state index contributed by atoms with van der Waals surface area (Å²) >= 11 is 1.68. The Bertz CT molecular complexity index is 484. The molecule has 3 N–H and O–H groups in total. The van der Waals surface area contributed by atoms with E-state index in [-0.39, 0.29) is 24.4 Å². The molecule has 1 amide bonds. The molecule has 0 aliphatic heterocycles. The monoisotopic (exact) mass is 314 g/mol. The van der Waals surface area contributed by atoms with Crippen molar-refractivity contribution < 1.29 is 4.79 Å². The number of hydrogen-bond donors (Lipinski definition) is 2. The van der Waals surface area contributed by atoms with Gasteiger partial charge in [-0.2, -0.15) is 0 Å². The molecule has 0 spiro atoms. The fourth-order valence-corrected chi connectivity index (χ4v) is 4.04. The molecule has 2 atom stereocenters. The van der Waals surface area contributed by atoms with Crippen LogP contribution in [0.5, 0.6) is 0 Å². The fourth-order valence-electron chi connectivity index (χ4n) is 2.93. The van der Waals surface area contributed by atoms with Gasteiger partial charge in [0.05, 0.1) is 4.88 Å². The van der Waals surface area contributed by atoms with Crippen molar-refractivity contribution in [1.82, 2.24) is 5.32 Å². The number of amides is 1. The molecule has 2 unspecified atom stereocenters. The van der Waals surface area contributed by atoms with E-state index in [2.05, 4.69) is 18.3 Å². The van der Waals surface area contributed by atoms with E-state index in [1.807, 2.05) is 0 Å². The highest BCUT2D eigenvalue weighted by atomic mass is 35.5. The minimum Gasteiger partial charge on any atom is -0.347 e. The minimum atomic E-state index is 0. The van der Waals surface area contributed by atoms with Gasteiger partial charge in [0.25, 0.3) is 5.91 Å². The van der Waals surface area contributed by atoms with Crippen molar-refractivity contribution in [2.45, 2.75) is 45.1 Å². The van der Waals surface area contributed by atoms with Gasteiger partial charge in [-0.3, -0.25) is 4.79 Å². The third kappa shape index (κ3) is 3.35. The quantitative estimate of drug-likeness (QED) is 0.898. The SMILES string of the molecule is CC1CCc2sc(C(=O)NC(CN)C3CC3)cc2C1.Cl. The highest BCUT2D eigenvalue weighted by Crippen LogP contribution is 2.34. The summed E-state index contributed by atoms with van der Waals surface area (Å²) in [7, 11) is 0. The molecule has 1 saturated carbocycles. The van der Waals surface area contributed by atoms with Gasteiger partial charge >= 0.3 is 0 Å². The van der Waals surface area contributed by atoms with Crippen LogP contribution in [0.15, 0.2) is 6.07 Å². The second kappa shape index (κ2) is 6.46. The van der Waals surface area contributed by atoms with E-state index in [1.54, 1.807) is 11.3 Å². The minimum absolute atomic E-state index is 0. The highest BCUT2D eigenvalue weighted by molar-refractivity contribution is 7.14. The van der Waals surface area contributed by atoms with Crippen LogP contribution < -0.4 is 11.1 Å². The Balaban J connectivity index is 0.00000147. The topological polar surface area (TPSA) is 55.1 Å². The summed E-state index contributed by atoms with van der Waals surface area (Å²) in [5.74, 6) is 1.44. The van der Waals surface area contributed by atoms with Crippen LogP contribution in [0, 0.1) is 11.8 Å². The molecule has 2 aliphatic rings. The number of hydrogen-bond acceptors (Lipinski definition) is 3. The van der Waals surface area contributed by atoms with Crippen LogP contribution in [0.25, 0.3) is 0 Å². The Morgan fingerprint density at radius 3 is 2.90 bits per heavy atom. The van der Waals surface area contributed by atoms with E-state index < -0.39 is 0 Å². The third-order valence-electron chi connectivity index (χ3n) is 4.31. The average molecular weight is 315 g/mol. The molecule has 1 heterocycles. The first-order valence-electron chi connectivity index (χ1n) is 7.30. The fraction of sp³-hybridized carbons (Fsp3) is 0.667. The molecule has 1 aromatic rings. The summed E-state index contributed by atoms with van der Waals surface area (Å²) in [4.78, 5) is 14.6. The largest absolute Gasteiger partial charge is 0.347 e. The lowest BCUT2D eigenvalue weighted by molar-refractivity contribution is 0.0937. The van der Waals surface area contributed by atoms with E-state index in [9.17, 15) is 4.79 Å². The number of rotatable bonds is 4. The first kappa shape index (κ1) is 15.8. The zero-order valence-electron chi connectivity index (χ0n) is 11.9. The van der Waals surface area contributed by atoms with Crippen LogP contribution in [0.4, 0.5) is 0 Å². The van der Waals surface area contributed by atoms with Gasteiger partial charge in [-0.05, 0) is 55.6 Å². The van der Waals surface area contributed by atoms with Crippen LogP contribution in [0.3, 0.4) is 0 Å². The lowest BCUT2D eigenvalue weighted by Crippen LogP contribution is -2.41. The molecule has 20 heavy (non-hydrogen) atoms. The van der Waals surface area contributed by atoms with Crippen molar-refractivity contribution in [3.05, 3.63) is 21.4 Å². The molecule has 3 rings (SSSR count). The number of halogens is 1. The van der Waals surface area contributed by atoms with Gasteiger partial charge in [0.1, 0.15) is 0 Å². The highest BCUT2D eigenvalue weighted by Gasteiger charge is 2.32. The van der Waals surface area contributed by atoms with E-state index in [0.29, 0.717) is 12.5 Å². The van der Waals surface area contributed by atoms with Crippen LogP contribution in [0.2, 0.25) is 0 Å². The van der Waals surface area contributed by atoms with Gasteiger partial charge in [-0.1, -0.05) is 6.92 Å². The van der Waals surface area contributed by atoms with Crippen molar-refractivity contribution in [2.24, 2.45) is 17.6 Å². The molecule has 5 heteroatoms. The van der Waals surface area contributed by atoms with Gasteiger partial charge in [0, 0.05) is 17.5 Å². The summed E-state index contributed by atoms with van der Waals surface area (Å²) in [6.45, 7) is 2.84. The molecule has 1 aromatic heterocycles. The summed E-state index contributed by atoms with van der Waals surface area (Å²) in [6, 6.07) is 2.27. The molecule has 0 saturated heterocycles. The average Bonchev–Trinajstić information content (AvgIpc) is 3.15. The zero-order chi connectivity index (χ0) is 13.4. The molecule has 2 aliphatic carbocycles. The Morgan fingerprint density at radius 2 is 2.25 bits per heavy atom. The first-order chi connectivity index (χ1) is 9.17. The van der Waals surface area contributed by atoms with E-state index in [1.165, 1.54) is 29.7 Å². The summed E-state index contributed by atoms with van der Waals surface area (Å²) in [5, 5.41) is 3.11.